The van der Waals surface area contributed by atoms with E-state index < -0.39 is 0 Å². The van der Waals surface area contributed by atoms with E-state index in [1.165, 1.54) is 31.0 Å². The molecule has 132 valence electrons. The highest BCUT2D eigenvalue weighted by atomic mass is 32.2. The molecule has 0 amide bonds. The quantitative estimate of drug-likeness (QED) is 0.771. The van der Waals surface area contributed by atoms with E-state index in [9.17, 15) is 4.79 Å². The lowest BCUT2D eigenvalue weighted by Crippen LogP contribution is -2.12. The molecule has 4 rings (SSSR count). The standard InChI is InChI=1S/C19H23N3O2S/c1-13-12-16(18(23)24-13)25-19-20-17(14-8-4-2-5-9-14)22(21-19)15-10-6-3-7-11-15/h3,6-7,10-11,13-14,16H,2,4-5,8-9,12H2,1H3/t13-,16+/m1/s1. The van der Waals surface area contributed by atoms with Gasteiger partial charge in [-0.25, -0.2) is 9.67 Å². The minimum absolute atomic E-state index is 0.0148. The molecule has 0 unspecified atom stereocenters. The number of para-hydroxylation sites is 1. The first kappa shape index (κ1) is 16.6. The molecule has 0 radical (unpaired) electrons. The maximum Gasteiger partial charge on any atom is 0.319 e. The Bertz CT molecular complexity index is 740. The van der Waals surface area contributed by atoms with Crippen LogP contribution in [0.25, 0.3) is 5.69 Å². The van der Waals surface area contributed by atoms with Gasteiger partial charge in [0.05, 0.1) is 5.69 Å². The topological polar surface area (TPSA) is 57.0 Å². The van der Waals surface area contributed by atoms with Gasteiger partial charge in [-0.2, -0.15) is 0 Å². The van der Waals surface area contributed by atoms with E-state index in [0.717, 1.165) is 30.8 Å². The van der Waals surface area contributed by atoms with E-state index >= 15 is 0 Å². The van der Waals surface area contributed by atoms with E-state index in [0.29, 0.717) is 11.1 Å². The molecule has 2 atom stereocenters. The second-order valence-electron chi connectivity index (χ2n) is 6.92. The summed E-state index contributed by atoms with van der Waals surface area (Å²) in [6, 6.07) is 10.2. The Labute approximate surface area is 152 Å². The van der Waals surface area contributed by atoms with Crippen LogP contribution >= 0.6 is 11.8 Å². The molecular formula is C19H23N3O2S. The molecule has 1 aliphatic carbocycles. The zero-order valence-electron chi connectivity index (χ0n) is 14.4. The number of rotatable bonds is 4. The molecule has 2 aliphatic rings. The van der Waals surface area contributed by atoms with Gasteiger partial charge < -0.3 is 4.74 Å². The Morgan fingerprint density at radius 1 is 1.16 bits per heavy atom. The first-order valence-electron chi connectivity index (χ1n) is 9.10. The second-order valence-corrected chi connectivity index (χ2v) is 8.09. The highest BCUT2D eigenvalue weighted by molar-refractivity contribution is 8.00. The van der Waals surface area contributed by atoms with Crippen molar-refractivity contribution in [2.24, 2.45) is 0 Å². The van der Waals surface area contributed by atoms with Crippen LogP contribution in [0.15, 0.2) is 35.5 Å². The smallest absolute Gasteiger partial charge is 0.319 e. The molecule has 0 N–H and O–H groups in total. The number of nitrogens with zero attached hydrogens (tertiary/aromatic N) is 3. The summed E-state index contributed by atoms with van der Waals surface area (Å²) in [4.78, 5) is 16.8. The maximum absolute atomic E-state index is 11.9. The van der Waals surface area contributed by atoms with Crippen molar-refractivity contribution < 1.29 is 9.53 Å². The van der Waals surface area contributed by atoms with E-state index in [1.807, 2.05) is 29.8 Å². The van der Waals surface area contributed by atoms with Crippen molar-refractivity contribution in [1.29, 1.82) is 0 Å². The Morgan fingerprint density at radius 2 is 1.92 bits per heavy atom. The molecule has 2 heterocycles. The molecule has 2 fully saturated rings. The van der Waals surface area contributed by atoms with Crippen molar-refractivity contribution in [3.8, 4) is 5.69 Å². The highest BCUT2D eigenvalue weighted by Gasteiger charge is 2.34. The normalized spacial score (nSPS) is 24.4. The van der Waals surface area contributed by atoms with E-state index in [4.69, 9.17) is 14.8 Å². The van der Waals surface area contributed by atoms with Gasteiger partial charge in [0.1, 0.15) is 17.2 Å². The molecule has 1 saturated carbocycles. The van der Waals surface area contributed by atoms with Crippen LogP contribution in [0.2, 0.25) is 0 Å². The molecule has 1 aromatic carbocycles. The Kier molecular flexibility index (Phi) is 4.79. The largest absolute Gasteiger partial charge is 0.462 e. The van der Waals surface area contributed by atoms with E-state index in [1.54, 1.807) is 0 Å². The van der Waals surface area contributed by atoms with Crippen LogP contribution in [0.4, 0.5) is 0 Å². The van der Waals surface area contributed by atoms with E-state index in [-0.39, 0.29) is 17.3 Å². The minimum Gasteiger partial charge on any atom is -0.462 e. The molecular weight excluding hydrogens is 334 g/mol. The predicted octanol–water partition coefficient (Wildman–Crippen LogP) is 4.11. The predicted molar refractivity (Wildman–Crippen MR) is 97.0 cm³/mol. The van der Waals surface area contributed by atoms with Crippen LogP contribution in [0.1, 0.15) is 57.2 Å². The summed E-state index contributed by atoms with van der Waals surface area (Å²) in [5.74, 6) is 1.34. The molecule has 1 aromatic heterocycles. The Balaban J connectivity index is 1.64. The minimum atomic E-state index is -0.194. The third-order valence-corrected chi connectivity index (χ3v) is 6.01. The molecule has 0 bridgehead atoms. The lowest BCUT2D eigenvalue weighted by Gasteiger charge is -2.21. The van der Waals surface area contributed by atoms with Gasteiger partial charge in [0, 0.05) is 12.3 Å². The van der Waals surface area contributed by atoms with Crippen molar-refractivity contribution >= 4 is 17.7 Å². The van der Waals surface area contributed by atoms with Crippen molar-refractivity contribution in [2.75, 3.05) is 0 Å². The van der Waals surface area contributed by atoms with Crippen LogP contribution in [0.3, 0.4) is 0 Å². The van der Waals surface area contributed by atoms with Gasteiger partial charge in [0.2, 0.25) is 5.16 Å². The van der Waals surface area contributed by atoms with Gasteiger partial charge in [-0.15, -0.1) is 5.10 Å². The summed E-state index contributed by atoms with van der Waals surface area (Å²) < 4.78 is 7.24. The molecule has 0 spiro atoms. The van der Waals surface area contributed by atoms with Crippen molar-refractivity contribution in [2.45, 2.75) is 67.9 Å². The molecule has 5 nitrogen and oxygen atoms in total. The average molecular weight is 357 g/mol. The van der Waals surface area contributed by atoms with Gasteiger partial charge in [0.15, 0.2) is 0 Å². The van der Waals surface area contributed by atoms with Gasteiger partial charge in [-0.05, 0) is 31.9 Å². The number of benzene rings is 1. The summed E-state index contributed by atoms with van der Waals surface area (Å²) in [6.07, 6.45) is 6.85. The summed E-state index contributed by atoms with van der Waals surface area (Å²) in [5.41, 5.74) is 1.03. The van der Waals surface area contributed by atoms with E-state index in [2.05, 4.69) is 12.1 Å². The van der Waals surface area contributed by atoms with Crippen LogP contribution in [-0.2, 0) is 9.53 Å². The fourth-order valence-corrected chi connectivity index (χ4v) is 4.73. The summed E-state index contributed by atoms with van der Waals surface area (Å²) in [7, 11) is 0. The fourth-order valence-electron chi connectivity index (χ4n) is 3.68. The van der Waals surface area contributed by atoms with Crippen molar-refractivity contribution in [3.63, 3.8) is 0 Å². The summed E-state index contributed by atoms with van der Waals surface area (Å²) in [5, 5.41) is 5.23. The SMILES string of the molecule is C[C@@H]1C[C@H](Sc2nc(C3CCCCC3)n(-c3ccccc3)n2)C(=O)O1. The third-order valence-electron chi connectivity index (χ3n) is 4.96. The zero-order valence-corrected chi connectivity index (χ0v) is 15.2. The van der Waals surface area contributed by atoms with Gasteiger partial charge >= 0.3 is 5.97 Å². The van der Waals surface area contributed by atoms with Gasteiger partial charge in [-0.3, -0.25) is 4.79 Å². The van der Waals surface area contributed by atoms with Crippen LogP contribution in [-0.4, -0.2) is 32.1 Å². The number of thioether (sulfide) groups is 1. The lowest BCUT2D eigenvalue weighted by molar-refractivity contribution is -0.140. The Hall–Kier alpha value is -1.82. The van der Waals surface area contributed by atoms with Crippen LogP contribution in [0, 0.1) is 0 Å². The monoisotopic (exact) mass is 357 g/mol. The highest BCUT2D eigenvalue weighted by Crippen LogP contribution is 2.36. The number of hydrogen-bond acceptors (Lipinski definition) is 5. The first-order valence-corrected chi connectivity index (χ1v) is 9.98. The number of carbonyl (C=O) groups excluding carboxylic acids is 1. The van der Waals surface area contributed by atoms with Gasteiger partial charge in [0.25, 0.3) is 0 Å². The molecule has 1 saturated heterocycles. The van der Waals surface area contributed by atoms with Crippen molar-refractivity contribution in [1.82, 2.24) is 14.8 Å². The third kappa shape index (κ3) is 3.59. The van der Waals surface area contributed by atoms with Crippen LogP contribution < -0.4 is 0 Å². The maximum atomic E-state index is 11.9. The second kappa shape index (κ2) is 7.20. The first-order chi connectivity index (χ1) is 12.2. The molecule has 6 heteroatoms. The number of esters is 1. The number of carbonyl (C=O) groups is 1. The molecule has 25 heavy (non-hydrogen) atoms. The average Bonchev–Trinajstić information content (AvgIpc) is 3.20. The fraction of sp³-hybridized carbons (Fsp3) is 0.526. The molecule has 1 aliphatic heterocycles. The van der Waals surface area contributed by atoms with Crippen LogP contribution in [0.5, 0.6) is 0 Å². The van der Waals surface area contributed by atoms with Gasteiger partial charge in [-0.1, -0.05) is 49.2 Å². The number of hydrogen-bond donors (Lipinski definition) is 0. The summed E-state index contributed by atoms with van der Waals surface area (Å²) >= 11 is 1.44. The number of cyclic esters (lactones) is 1. The number of ether oxygens (including phenoxy) is 1. The Morgan fingerprint density at radius 3 is 2.60 bits per heavy atom. The number of aromatic nitrogens is 3. The summed E-state index contributed by atoms with van der Waals surface area (Å²) in [6.45, 7) is 1.93. The van der Waals surface area contributed by atoms with Crippen molar-refractivity contribution in [3.05, 3.63) is 36.2 Å². The lowest BCUT2D eigenvalue weighted by atomic mass is 9.88. The zero-order chi connectivity index (χ0) is 17.2. The molecule has 2 aromatic rings.